The molecule has 1 rings (SSSR count). The van der Waals surface area contributed by atoms with Crippen LogP contribution in [0.4, 0.5) is 0 Å². The first-order valence-electron chi connectivity index (χ1n) is 6.52. The van der Waals surface area contributed by atoms with Crippen molar-refractivity contribution in [2.75, 3.05) is 6.61 Å². The Balaban J connectivity index is 2.22. The average Bonchev–Trinajstić information content (AvgIpc) is 2.61. The summed E-state index contributed by atoms with van der Waals surface area (Å²) >= 11 is 0. The van der Waals surface area contributed by atoms with Crippen molar-refractivity contribution in [3.8, 4) is 0 Å². The van der Waals surface area contributed by atoms with Crippen molar-refractivity contribution >= 4 is 5.97 Å². The Hall–Kier alpha value is -1.57. The van der Waals surface area contributed by atoms with E-state index < -0.39 is 0 Å². The summed E-state index contributed by atoms with van der Waals surface area (Å²) in [5.41, 5.74) is 0. The number of rotatable bonds is 6. The van der Waals surface area contributed by atoms with Gasteiger partial charge >= 0.3 is 5.97 Å². The van der Waals surface area contributed by atoms with E-state index in [-0.39, 0.29) is 5.97 Å². The molecule has 98 valence electrons. The van der Waals surface area contributed by atoms with Gasteiger partial charge in [-0.3, -0.25) is 4.79 Å². The van der Waals surface area contributed by atoms with Gasteiger partial charge in [0.1, 0.15) is 0 Å². The lowest BCUT2D eigenvalue weighted by molar-refractivity contribution is -0.141. The molecule has 1 aliphatic rings. The summed E-state index contributed by atoms with van der Waals surface area (Å²) in [5.74, 6) is 0.754. The SMILES string of the molecule is CC(=O)OCCC/C=C\C(C)C1C=CC=CC=C1. The van der Waals surface area contributed by atoms with Gasteiger partial charge in [0, 0.05) is 12.8 Å². The molecule has 0 aliphatic heterocycles. The fraction of sp³-hybridized carbons (Fsp3) is 0.438. The molecule has 0 bridgehead atoms. The lowest BCUT2D eigenvalue weighted by Gasteiger charge is -2.12. The van der Waals surface area contributed by atoms with Crippen LogP contribution in [-0.2, 0) is 9.53 Å². The molecule has 2 heteroatoms. The summed E-state index contributed by atoms with van der Waals surface area (Å²) < 4.78 is 4.88. The van der Waals surface area contributed by atoms with Crippen molar-refractivity contribution in [1.29, 1.82) is 0 Å². The lowest BCUT2D eigenvalue weighted by atomic mass is 9.93. The van der Waals surface area contributed by atoms with Gasteiger partial charge in [-0.1, -0.05) is 55.5 Å². The summed E-state index contributed by atoms with van der Waals surface area (Å²) in [6.45, 7) is 4.17. The Bertz CT molecular complexity index is 345. The summed E-state index contributed by atoms with van der Waals surface area (Å²) in [7, 11) is 0. The molecule has 0 heterocycles. The van der Waals surface area contributed by atoms with Crippen LogP contribution in [0.25, 0.3) is 0 Å². The van der Waals surface area contributed by atoms with E-state index in [0.717, 1.165) is 12.8 Å². The molecule has 18 heavy (non-hydrogen) atoms. The highest BCUT2D eigenvalue weighted by molar-refractivity contribution is 5.65. The van der Waals surface area contributed by atoms with E-state index in [1.807, 2.05) is 12.2 Å². The first-order valence-corrected chi connectivity index (χ1v) is 6.52. The van der Waals surface area contributed by atoms with E-state index in [1.165, 1.54) is 6.92 Å². The monoisotopic (exact) mass is 246 g/mol. The minimum atomic E-state index is -0.200. The third-order valence-electron chi connectivity index (χ3n) is 2.87. The maximum absolute atomic E-state index is 10.6. The van der Waals surface area contributed by atoms with Gasteiger partial charge in [0.05, 0.1) is 6.61 Å². The zero-order chi connectivity index (χ0) is 13.2. The van der Waals surface area contributed by atoms with Crippen molar-refractivity contribution in [3.63, 3.8) is 0 Å². The van der Waals surface area contributed by atoms with E-state index in [9.17, 15) is 4.79 Å². The minimum absolute atomic E-state index is 0.200. The van der Waals surface area contributed by atoms with E-state index >= 15 is 0 Å². The maximum Gasteiger partial charge on any atom is 0.302 e. The van der Waals surface area contributed by atoms with Crippen LogP contribution < -0.4 is 0 Å². The second kappa shape index (κ2) is 8.51. The number of hydrogen-bond donors (Lipinski definition) is 0. The van der Waals surface area contributed by atoms with Crippen LogP contribution in [0, 0.1) is 11.8 Å². The van der Waals surface area contributed by atoms with Gasteiger partial charge in [-0.2, -0.15) is 0 Å². The van der Waals surface area contributed by atoms with Gasteiger partial charge in [0.25, 0.3) is 0 Å². The second-order valence-electron chi connectivity index (χ2n) is 4.50. The largest absolute Gasteiger partial charge is 0.466 e. The van der Waals surface area contributed by atoms with Crippen LogP contribution in [-0.4, -0.2) is 12.6 Å². The topological polar surface area (TPSA) is 26.3 Å². The van der Waals surface area contributed by atoms with Gasteiger partial charge in [-0.15, -0.1) is 0 Å². The fourth-order valence-corrected chi connectivity index (χ4v) is 1.78. The third kappa shape index (κ3) is 6.24. The molecule has 1 atom stereocenters. The Morgan fingerprint density at radius 3 is 2.56 bits per heavy atom. The van der Waals surface area contributed by atoms with E-state index in [1.54, 1.807) is 0 Å². The Labute approximate surface area is 110 Å². The summed E-state index contributed by atoms with van der Waals surface area (Å²) in [6, 6.07) is 0. The molecule has 2 nitrogen and oxygen atoms in total. The van der Waals surface area contributed by atoms with Gasteiger partial charge in [-0.25, -0.2) is 0 Å². The molecule has 0 aromatic heterocycles. The van der Waals surface area contributed by atoms with Crippen LogP contribution >= 0.6 is 0 Å². The Morgan fingerprint density at radius 1 is 1.28 bits per heavy atom. The molecule has 0 aromatic carbocycles. The Morgan fingerprint density at radius 2 is 1.94 bits per heavy atom. The summed E-state index contributed by atoms with van der Waals surface area (Å²) in [4.78, 5) is 10.6. The lowest BCUT2D eigenvalue weighted by Crippen LogP contribution is -2.03. The summed E-state index contributed by atoms with van der Waals surface area (Å²) in [6.07, 6.45) is 19.0. The molecule has 0 saturated heterocycles. The standard InChI is InChI=1S/C16H22O2/c1-14(16-11-7-3-4-8-12-16)10-6-5-9-13-18-15(2)17/h3-4,6-8,10-12,14,16H,5,9,13H2,1-2H3/b10-6-. The fourth-order valence-electron chi connectivity index (χ4n) is 1.78. The van der Waals surface area contributed by atoms with Crippen LogP contribution in [0.15, 0.2) is 48.6 Å². The minimum Gasteiger partial charge on any atom is -0.466 e. The quantitative estimate of drug-likeness (QED) is 0.404. The predicted octanol–water partition coefficient (Wildman–Crippen LogP) is 3.82. The van der Waals surface area contributed by atoms with Crippen LogP contribution in [0.5, 0.6) is 0 Å². The molecule has 0 saturated carbocycles. The summed E-state index contributed by atoms with van der Waals surface area (Å²) in [5, 5.41) is 0. The molecule has 0 spiro atoms. The van der Waals surface area contributed by atoms with Gasteiger partial charge < -0.3 is 4.74 Å². The second-order valence-corrected chi connectivity index (χ2v) is 4.50. The zero-order valence-electron chi connectivity index (χ0n) is 11.2. The number of esters is 1. The number of hydrogen-bond acceptors (Lipinski definition) is 2. The van der Waals surface area contributed by atoms with Crippen LogP contribution in [0.3, 0.4) is 0 Å². The normalized spacial score (nSPS) is 17.0. The molecule has 0 radical (unpaired) electrons. The van der Waals surface area contributed by atoms with Crippen molar-refractivity contribution in [2.24, 2.45) is 11.8 Å². The van der Waals surface area contributed by atoms with Gasteiger partial charge in [0.2, 0.25) is 0 Å². The van der Waals surface area contributed by atoms with E-state index in [4.69, 9.17) is 4.74 Å². The van der Waals surface area contributed by atoms with Crippen molar-refractivity contribution < 1.29 is 9.53 Å². The van der Waals surface area contributed by atoms with E-state index in [2.05, 4.69) is 43.4 Å². The van der Waals surface area contributed by atoms with Gasteiger partial charge in [-0.05, 0) is 18.8 Å². The zero-order valence-corrected chi connectivity index (χ0v) is 11.2. The Kier molecular flexibility index (Phi) is 6.85. The first-order chi connectivity index (χ1) is 8.70. The van der Waals surface area contributed by atoms with Crippen molar-refractivity contribution in [2.45, 2.75) is 26.7 Å². The maximum atomic E-state index is 10.6. The highest BCUT2D eigenvalue weighted by Gasteiger charge is 2.07. The first kappa shape index (κ1) is 14.5. The number of carbonyl (C=O) groups is 1. The molecule has 0 N–H and O–H groups in total. The number of ether oxygens (including phenoxy) is 1. The molecule has 0 fully saturated rings. The highest BCUT2D eigenvalue weighted by Crippen LogP contribution is 2.18. The highest BCUT2D eigenvalue weighted by atomic mass is 16.5. The predicted molar refractivity (Wildman–Crippen MR) is 75.1 cm³/mol. The van der Waals surface area contributed by atoms with E-state index in [0.29, 0.717) is 18.4 Å². The average molecular weight is 246 g/mol. The number of carbonyl (C=O) groups excluding carboxylic acids is 1. The third-order valence-corrected chi connectivity index (χ3v) is 2.87. The van der Waals surface area contributed by atoms with Crippen molar-refractivity contribution in [1.82, 2.24) is 0 Å². The molecular weight excluding hydrogens is 224 g/mol. The molecule has 0 amide bonds. The molecular formula is C16H22O2. The van der Waals surface area contributed by atoms with Crippen LogP contribution in [0.2, 0.25) is 0 Å². The van der Waals surface area contributed by atoms with Crippen molar-refractivity contribution in [3.05, 3.63) is 48.6 Å². The molecule has 0 aromatic rings. The molecule has 1 unspecified atom stereocenters. The van der Waals surface area contributed by atoms with Gasteiger partial charge in [0.15, 0.2) is 0 Å². The smallest absolute Gasteiger partial charge is 0.302 e. The molecule has 1 aliphatic carbocycles. The number of allylic oxidation sites excluding steroid dienone is 8. The van der Waals surface area contributed by atoms with Crippen LogP contribution in [0.1, 0.15) is 26.7 Å². The number of unbranched alkanes of at least 4 members (excludes halogenated alkanes) is 1.